The summed E-state index contributed by atoms with van der Waals surface area (Å²) in [4.78, 5) is 12.5. The molecular formula is C16H23Cl3N2O. The number of nitrogens with two attached hydrogens (primary N) is 1. The molecule has 2 rings (SSSR count). The Balaban J connectivity index is 0.00000242. The zero-order valence-corrected chi connectivity index (χ0v) is 15.2. The zero-order chi connectivity index (χ0) is 15.6. The van der Waals surface area contributed by atoms with Crippen LogP contribution in [0, 0.1) is 11.8 Å². The van der Waals surface area contributed by atoms with Crippen molar-refractivity contribution in [3.63, 3.8) is 0 Å². The maximum Gasteiger partial charge on any atom is 0.224 e. The van der Waals surface area contributed by atoms with Gasteiger partial charge in [0.25, 0.3) is 0 Å². The minimum Gasteiger partial charge on any atom is -0.347 e. The quantitative estimate of drug-likeness (QED) is 0.842. The first-order valence-electron chi connectivity index (χ1n) is 7.33. The molecular weight excluding hydrogens is 343 g/mol. The highest BCUT2D eigenvalue weighted by Gasteiger charge is 2.34. The van der Waals surface area contributed by atoms with Crippen LogP contribution in [0.2, 0.25) is 10.0 Å². The van der Waals surface area contributed by atoms with Crippen LogP contribution in [-0.4, -0.2) is 12.5 Å². The first-order valence-corrected chi connectivity index (χ1v) is 8.08. The van der Waals surface area contributed by atoms with Gasteiger partial charge in [-0.2, -0.15) is 0 Å². The third kappa shape index (κ3) is 4.29. The van der Waals surface area contributed by atoms with Crippen LogP contribution in [0.4, 0.5) is 0 Å². The van der Waals surface area contributed by atoms with Crippen LogP contribution < -0.4 is 11.1 Å². The lowest BCUT2D eigenvalue weighted by molar-refractivity contribution is -0.127. The van der Waals surface area contributed by atoms with E-state index in [0.29, 0.717) is 22.5 Å². The molecule has 3 nitrogen and oxygen atoms in total. The molecule has 0 aliphatic heterocycles. The summed E-state index contributed by atoms with van der Waals surface area (Å²) >= 11 is 12.0. The molecule has 1 saturated carbocycles. The van der Waals surface area contributed by atoms with Gasteiger partial charge in [0.1, 0.15) is 0 Å². The number of hydrogen-bond donors (Lipinski definition) is 2. The molecule has 0 unspecified atom stereocenters. The molecule has 0 spiro atoms. The highest BCUT2D eigenvalue weighted by molar-refractivity contribution is 6.42. The summed E-state index contributed by atoms with van der Waals surface area (Å²) in [6.45, 7) is 4.51. The topological polar surface area (TPSA) is 55.1 Å². The van der Waals surface area contributed by atoms with Crippen molar-refractivity contribution in [3.8, 4) is 0 Å². The molecule has 0 saturated heterocycles. The van der Waals surface area contributed by atoms with E-state index in [1.165, 1.54) is 0 Å². The van der Waals surface area contributed by atoms with Crippen LogP contribution in [0.1, 0.15) is 38.7 Å². The summed E-state index contributed by atoms with van der Waals surface area (Å²) < 4.78 is 0. The van der Waals surface area contributed by atoms with Gasteiger partial charge < -0.3 is 11.1 Å². The van der Waals surface area contributed by atoms with Crippen molar-refractivity contribution in [2.45, 2.75) is 38.6 Å². The van der Waals surface area contributed by atoms with Gasteiger partial charge >= 0.3 is 0 Å². The third-order valence-electron chi connectivity index (χ3n) is 4.38. The van der Waals surface area contributed by atoms with Crippen molar-refractivity contribution in [1.29, 1.82) is 0 Å². The van der Waals surface area contributed by atoms with Crippen LogP contribution in [0.5, 0.6) is 0 Å². The number of amides is 1. The molecule has 2 atom stereocenters. The first-order chi connectivity index (χ1) is 9.85. The maximum absolute atomic E-state index is 12.5. The Morgan fingerprint density at radius 3 is 2.59 bits per heavy atom. The number of rotatable bonds is 4. The number of benzene rings is 1. The Bertz CT molecular complexity index is 534. The maximum atomic E-state index is 12.5. The molecule has 1 aromatic carbocycles. The van der Waals surface area contributed by atoms with Crippen LogP contribution in [0.3, 0.4) is 0 Å². The number of nitrogens with one attached hydrogen (secondary N) is 1. The van der Waals surface area contributed by atoms with E-state index in [-0.39, 0.29) is 24.2 Å². The number of halogens is 3. The van der Waals surface area contributed by atoms with Crippen LogP contribution in [0.25, 0.3) is 0 Å². The summed E-state index contributed by atoms with van der Waals surface area (Å²) in [6, 6.07) is 5.45. The predicted octanol–water partition coefficient (Wildman–Crippen LogP) is 4.14. The van der Waals surface area contributed by atoms with Crippen LogP contribution in [0.15, 0.2) is 18.2 Å². The van der Waals surface area contributed by atoms with Gasteiger partial charge in [-0.3, -0.25) is 4.79 Å². The Hall–Kier alpha value is -0.480. The fourth-order valence-electron chi connectivity index (χ4n) is 3.02. The Kier molecular flexibility index (Phi) is 7.00. The second-order valence-electron chi connectivity index (χ2n) is 6.28. The largest absolute Gasteiger partial charge is 0.347 e. The third-order valence-corrected chi connectivity index (χ3v) is 5.11. The van der Waals surface area contributed by atoms with Gasteiger partial charge in [-0.15, -0.1) is 12.4 Å². The predicted molar refractivity (Wildman–Crippen MR) is 94.8 cm³/mol. The monoisotopic (exact) mass is 364 g/mol. The molecule has 1 aliphatic carbocycles. The molecule has 1 fully saturated rings. The lowest BCUT2D eigenvalue weighted by atomic mass is 9.90. The van der Waals surface area contributed by atoms with Gasteiger partial charge in [-0.1, -0.05) is 35.7 Å². The standard InChI is InChI=1S/C16H22Cl2N2O.ClH/c1-16(2,11-6-7-13(17)14(18)8-11)20-15(21)12-5-3-4-10(12)9-19;/h6-8,10,12H,3-5,9,19H2,1-2H3,(H,20,21);1H/t10-,12-;/m1./s1. The van der Waals surface area contributed by atoms with E-state index < -0.39 is 5.54 Å². The van der Waals surface area contributed by atoms with Crippen molar-refractivity contribution in [1.82, 2.24) is 5.32 Å². The second-order valence-corrected chi connectivity index (χ2v) is 7.09. The van der Waals surface area contributed by atoms with Gasteiger partial charge in [0.15, 0.2) is 0 Å². The summed E-state index contributed by atoms with van der Waals surface area (Å²) in [5, 5.41) is 4.14. The van der Waals surface area contributed by atoms with E-state index in [2.05, 4.69) is 5.32 Å². The molecule has 1 aromatic rings. The average Bonchev–Trinajstić information content (AvgIpc) is 2.89. The van der Waals surface area contributed by atoms with E-state index in [4.69, 9.17) is 28.9 Å². The van der Waals surface area contributed by atoms with Crippen molar-refractivity contribution < 1.29 is 4.79 Å². The fraction of sp³-hybridized carbons (Fsp3) is 0.562. The van der Waals surface area contributed by atoms with Gasteiger partial charge in [-0.25, -0.2) is 0 Å². The molecule has 0 bridgehead atoms. The molecule has 22 heavy (non-hydrogen) atoms. The van der Waals surface area contributed by atoms with Crippen molar-refractivity contribution in [2.24, 2.45) is 17.6 Å². The Labute approximate surface area is 148 Å². The van der Waals surface area contributed by atoms with Crippen molar-refractivity contribution in [3.05, 3.63) is 33.8 Å². The first kappa shape index (κ1) is 19.6. The molecule has 1 aliphatic rings. The van der Waals surface area contributed by atoms with Gasteiger partial charge in [0.05, 0.1) is 15.6 Å². The molecule has 0 aromatic heterocycles. The van der Waals surface area contributed by atoms with E-state index in [0.717, 1.165) is 24.8 Å². The van der Waals surface area contributed by atoms with Crippen LogP contribution in [-0.2, 0) is 10.3 Å². The average molecular weight is 366 g/mol. The van der Waals surface area contributed by atoms with Gasteiger partial charge in [0, 0.05) is 5.92 Å². The normalized spacial score (nSPS) is 21.3. The summed E-state index contributed by atoms with van der Waals surface area (Å²) in [5.74, 6) is 0.408. The molecule has 3 N–H and O–H groups in total. The lowest BCUT2D eigenvalue weighted by Gasteiger charge is -2.30. The molecule has 0 radical (unpaired) electrons. The van der Waals surface area contributed by atoms with Gasteiger partial charge in [0.2, 0.25) is 5.91 Å². The number of carbonyl (C=O) groups excluding carboxylic acids is 1. The highest BCUT2D eigenvalue weighted by Crippen LogP contribution is 2.33. The summed E-state index contributed by atoms with van der Waals surface area (Å²) in [5.41, 5.74) is 6.21. The summed E-state index contributed by atoms with van der Waals surface area (Å²) in [7, 11) is 0. The van der Waals surface area contributed by atoms with Crippen LogP contribution >= 0.6 is 35.6 Å². The smallest absolute Gasteiger partial charge is 0.224 e. The van der Waals surface area contributed by atoms with E-state index in [1.54, 1.807) is 12.1 Å². The number of carbonyl (C=O) groups is 1. The van der Waals surface area contributed by atoms with E-state index >= 15 is 0 Å². The zero-order valence-electron chi connectivity index (χ0n) is 12.9. The summed E-state index contributed by atoms with van der Waals surface area (Å²) in [6.07, 6.45) is 3.04. The van der Waals surface area contributed by atoms with Crippen molar-refractivity contribution in [2.75, 3.05) is 6.54 Å². The lowest BCUT2D eigenvalue weighted by Crippen LogP contribution is -2.45. The van der Waals surface area contributed by atoms with E-state index in [1.807, 2.05) is 19.9 Å². The fourth-order valence-corrected chi connectivity index (χ4v) is 3.32. The number of hydrogen-bond acceptors (Lipinski definition) is 2. The van der Waals surface area contributed by atoms with Gasteiger partial charge in [-0.05, 0) is 56.8 Å². The minimum absolute atomic E-state index is 0. The molecule has 124 valence electrons. The Morgan fingerprint density at radius 1 is 1.32 bits per heavy atom. The Morgan fingerprint density at radius 2 is 2.00 bits per heavy atom. The SMILES string of the molecule is CC(C)(NC(=O)[C@@H]1CCC[C@@H]1CN)c1ccc(Cl)c(Cl)c1.Cl. The second kappa shape index (κ2) is 7.87. The molecule has 1 amide bonds. The molecule has 0 heterocycles. The van der Waals surface area contributed by atoms with Crippen molar-refractivity contribution >= 4 is 41.5 Å². The van der Waals surface area contributed by atoms with E-state index in [9.17, 15) is 4.79 Å². The molecule has 6 heteroatoms. The highest BCUT2D eigenvalue weighted by atomic mass is 35.5. The minimum atomic E-state index is -0.493.